The minimum Gasteiger partial charge on any atom is -0.395 e. The summed E-state index contributed by atoms with van der Waals surface area (Å²) in [7, 11) is 0. The second kappa shape index (κ2) is 8.15. The largest absolute Gasteiger partial charge is 0.395 e. The van der Waals surface area contributed by atoms with Crippen LogP contribution >= 0.6 is 11.3 Å². The van der Waals surface area contributed by atoms with Gasteiger partial charge in [0.1, 0.15) is 0 Å². The second-order valence-corrected chi connectivity index (χ2v) is 4.90. The molecule has 0 aliphatic heterocycles. The summed E-state index contributed by atoms with van der Waals surface area (Å²) in [6.07, 6.45) is 4.19. The zero-order valence-electron chi connectivity index (χ0n) is 11.4. The Morgan fingerprint density at radius 2 is 2.38 bits per heavy atom. The van der Waals surface area contributed by atoms with Gasteiger partial charge in [0, 0.05) is 37.2 Å². The first-order chi connectivity index (χ1) is 10.3. The van der Waals surface area contributed by atoms with Crippen LogP contribution < -0.4 is 5.32 Å². The first kappa shape index (κ1) is 15.2. The van der Waals surface area contributed by atoms with Crippen LogP contribution in [0.4, 0.5) is 0 Å². The first-order valence-electron chi connectivity index (χ1n) is 6.50. The van der Waals surface area contributed by atoms with Gasteiger partial charge in [-0.05, 0) is 6.07 Å². The van der Waals surface area contributed by atoms with Gasteiger partial charge in [-0.25, -0.2) is 4.98 Å². The van der Waals surface area contributed by atoms with Crippen molar-refractivity contribution in [2.24, 2.45) is 0 Å². The molecule has 6 heteroatoms. The molecule has 0 atom stereocenters. The Kier molecular flexibility index (Phi) is 5.88. The van der Waals surface area contributed by atoms with E-state index in [4.69, 9.17) is 5.11 Å². The number of aliphatic hydroxyl groups is 1. The highest BCUT2D eigenvalue weighted by Gasteiger charge is 2.09. The van der Waals surface area contributed by atoms with Crippen molar-refractivity contribution in [3.63, 3.8) is 0 Å². The van der Waals surface area contributed by atoms with Crippen molar-refractivity contribution < 1.29 is 9.90 Å². The summed E-state index contributed by atoms with van der Waals surface area (Å²) in [5.74, 6) is 5.47. The van der Waals surface area contributed by atoms with Gasteiger partial charge in [-0.15, -0.1) is 11.3 Å². The second-order valence-electron chi connectivity index (χ2n) is 4.18. The number of nitrogens with zero attached hydrogens (tertiary/aromatic N) is 2. The lowest BCUT2D eigenvalue weighted by Crippen LogP contribution is -2.26. The Morgan fingerprint density at radius 1 is 1.48 bits per heavy atom. The van der Waals surface area contributed by atoms with E-state index in [0.29, 0.717) is 30.5 Å². The van der Waals surface area contributed by atoms with Gasteiger partial charge >= 0.3 is 0 Å². The molecule has 2 heterocycles. The van der Waals surface area contributed by atoms with Crippen LogP contribution in [-0.2, 0) is 6.42 Å². The highest BCUT2D eigenvalue weighted by molar-refractivity contribution is 7.07. The van der Waals surface area contributed by atoms with Crippen molar-refractivity contribution in [2.45, 2.75) is 12.8 Å². The number of carbonyl (C=O) groups excluding carboxylic acids is 1. The van der Waals surface area contributed by atoms with E-state index in [0.717, 1.165) is 5.69 Å². The highest BCUT2D eigenvalue weighted by Crippen LogP contribution is 2.06. The minimum atomic E-state index is -0.180. The Balaban J connectivity index is 1.97. The summed E-state index contributed by atoms with van der Waals surface area (Å²) in [6.45, 7) is 0.525. The fraction of sp³-hybridized carbons (Fsp3) is 0.267. The number of thiazole rings is 1. The van der Waals surface area contributed by atoms with E-state index >= 15 is 0 Å². The molecule has 0 saturated carbocycles. The molecule has 0 aliphatic carbocycles. The summed E-state index contributed by atoms with van der Waals surface area (Å²) in [5, 5.41) is 13.5. The van der Waals surface area contributed by atoms with E-state index in [1.165, 1.54) is 11.3 Å². The van der Waals surface area contributed by atoms with Crippen molar-refractivity contribution >= 4 is 17.2 Å². The smallest absolute Gasteiger partial charge is 0.252 e. The number of aromatic nitrogens is 2. The number of aliphatic hydroxyl groups excluding tert-OH is 1. The van der Waals surface area contributed by atoms with E-state index in [1.54, 1.807) is 24.0 Å². The molecule has 21 heavy (non-hydrogen) atoms. The standard InChI is InChI=1S/C15H15N3O2S/c19-8-2-1-3-12-9-16-6-5-14(12)15(20)17-7-4-13-10-21-11-18-13/h5-6,9-11,19H,2,4,7-8H2,(H,17,20). The summed E-state index contributed by atoms with van der Waals surface area (Å²) in [5.41, 5.74) is 3.80. The van der Waals surface area contributed by atoms with Crippen LogP contribution in [0.5, 0.6) is 0 Å². The first-order valence-corrected chi connectivity index (χ1v) is 7.44. The van der Waals surface area contributed by atoms with Crippen molar-refractivity contribution in [3.8, 4) is 11.8 Å². The number of nitrogens with one attached hydrogen (secondary N) is 1. The number of pyridine rings is 1. The third-order valence-electron chi connectivity index (χ3n) is 2.68. The lowest BCUT2D eigenvalue weighted by atomic mass is 10.1. The van der Waals surface area contributed by atoms with E-state index in [-0.39, 0.29) is 12.5 Å². The maximum Gasteiger partial charge on any atom is 0.252 e. The van der Waals surface area contributed by atoms with Crippen LogP contribution in [-0.4, -0.2) is 34.1 Å². The molecule has 2 N–H and O–H groups in total. The molecule has 2 rings (SSSR count). The fourth-order valence-corrected chi connectivity index (χ4v) is 2.26. The van der Waals surface area contributed by atoms with Crippen LogP contribution in [0, 0.1) is 11.8 Å². The molecule has 2 aromatic heterocycles. The number of amides is 1. The van der Waals surface area contributed by atoms with Gasteiger partial charge in [0.25, 0.3) is 5.91 Å². The van der Waals surface area contributed by atoms with Gasteiger partial charge in [0.15, 0.2) is 0 Å². The van der Waals surface area contributed by atoms with Crippen LogP contribution in [0.2, 0.25) is 0 Å². The number of hydrogen-bond acceptors (Lipinski definition) is 5. The van der Waals surface area contributed by atoms with E-state index < -0.39 is 0 Å². The minimum absolute atomic E-state index is 0.00241. The number of rotatable bonds is 5. The van der Waals surface area contributed by atoms with Crippen molar-refractivity contribution in [1.29, 1.82) is 0 Å². The highest BCUT2D eigenvalue weighted by atomic mass is 32.1. The summed E-state index contributed by atoms with van der Waals surface area (Å²) >= 11 is 1.54. The molecule has 0 bridgehead atoms. The average molecular weight is 301 g/mol. The summed E-state index contributed by atoms with van der Waals surface area (Å²) < 4.78 is 0. The summed E-state index contributed by atoms with van der Waals surface area (Å²) in [6, 6.07) is 1.64. The molecular formula is C15H15N3O2S. The van der Waals surface area contributed by atoms with Gasteiger partial charge in [-0.2, -0.15) is 0 Å². The molecule has 1 amide bonds. The Hall–Kier alpha value is -2.23. The average Bonchev–Trinajstić information content (AvgIpc) is 3.01. The lowest BCUT2D eigenvalue weighted by molar-refractivity contribution is 0.0953. The van der Waals surface area contributed by atoms with Gasteiger partial charge in [0.2, 0.25) is 0 Å². The van der Waals surface area contributed by atoms with Gasteiger partial charge < -0.3 is 10.4 Å². The SMILES string of the molecule is O=C(NCCc1cscn1)c1ccncc1C#CCCO. The molecule has 0 spiro atoms. The van der Waals surface area contributed by atoms with Crippen molar-refractivity contribution in [3.05, 3.63) is 46.2 Å². The van der Waals surface area contributed by atoms with Crippen LogP contribution in [0.25, 0.3) is 0 Å². The molecule has 0 radical (unpaired) electrons. The molecule has 2 aromatic rings. The molecule has 0 saturated heterocycles. The maximum absolute atomic E-state index is 12.2. The van der Waals surface area contributed by atoms with E-state index in [1.807, 2.05) is 5.38 Å². The Bertz CT molecular complexity index is 644. The third kappa shape index (κ3) is 4.67. The maximum atomic E-state index is 12.2. The monoisotopic (exact) mass is 301 g/mol. The van der Waals surface area contributed by atoms with Gasteiger partial charge in [-0.3, -0.25) is 9.78 Å². The lowest BCUT2D eigenvalue weighted by Gasteiger charge is -2.05. The quantitative estimate of drug-likeness (QED) is 0.815. The predicted molar refractivity (Wildman–Crippen MR) is 81.0 cm³/mol. The van der Waals surface area contributed by atoms with Gasteiger partial charge in [-0.1, -0.05) is 11.8 Å². The molecule has 0 aliphatic rings. The Morgan fingerprint density at radius 3 is 3.14 bits per heavy atom. The van der Waals surface area contributed by atoms with E-state index in [9.17, 15) is 4.79 Å². The zero-order valence-corrected chi connectivity index (χ0v) is 12.2. The van der Waals surface area contributed by atoms with Crippen LogP contribution in [0.15, 0.2) is 29.4 Å². The molecule has 0 unspecified atom stereocenters. The fourth-order valence-electron chi connectivity index (χ4n) is 1.67. The van der Waals surface area contributed by atoms with Crippen molar-refractivity contribution in [1.82, 2.24) is 15.3 Å². The molecule has 0 fully saturated rings. The van der Waals surface area contributed by atoms with E-state index in [2.05, 4.69) is 27.1 Å². The third-order valence-corrected chi connectivity index (χ3v) is 3.31. The van der Waals surface area contributed by atoms with Crippen LogP contribution in [0.1, 0.15) is 28.0 Å². The zero-order chi connectivity index (χ0) is 14.9. The number of carbonyl (C=O) groups is 1. The molecule has 0 aromatic carbocycles. The molecular weight excluding hydrogens is 286 g/mol. The normalized spacial score (nSPS) is 9.76. The number of hydrogen-bond donors (Lipinski definition) is 2. The Labute approximate surface area is 127 Å². The molecule has 108 valence electrons. The van der Waals surface area contributed by atoms with Crippen molar-refractivity contribution in [2.75, 3.05) is 13.2 Å². The predicted octanol–water partition coefficient (Wildman–Crippen LogP) is 1.24. The van der Waals surface area contributed by atoms with Crippen LogP contribution in [0.3, 0.4) is 0 Å². The topological polar surface area (TPSA) is 75.1 Å². The summed E-state index contributed by atoms with van der Waals surface area (Å²) in [4.78, 5) is 20.3. The van der Waals surface area contributed by atoms with Gasteiger partial charge in [0.05, 0.1) is 28.9 Å². The molecule has 5 nitrogen and oxygen atoms in total.